The van der Waals surface area contributed by atoms with Crippen LogP contribution in [0.4, 0.5) is 0 Å². The minimum atomic E-state index is -0.365. The SMILES string of the molecule is O=C(C1CNCCO1)N1CCCCCC1CO. The number of rotatable bonds is 2. The molecule has 2 aliphatic rings. The van der Waals surface area contributed by atoms with Gasteiger partial charge in [0.25, 0.3) is 5.91 Å². The van der Waals surface area contributed by atoms with Gasteiger partial charge in [-0.3, -0.25) is 4.79 Å². The molecule has 0 radical (unpaired) electrons. The summed E-state index contributed by atoms with van der Waals surface area (Å²) in [6, 6.07) is -0.0180. The maximum atomic E-state index is 12.3. The average molecular weight is 242 g/mol. The lowest BCUT2D eigenvalue weighted by atomic mass is 10.1. The maximum absolute atomic E-state index is 12.3. The van der Waals surface area contributed by atoms with Crippen LogP contribution in [0.5, 0.6) is 0 Å². The van der Waals surface area contributed by atoms with Crippen LogP contribution in [0.3, 0.4) is 0 Å². The van der Waals surface area contributed by atoms with Gasteiger partial charge in [-0.2, -0.15) is 0 Å². The van der Waals surface area contributed by atoms with Crippen LogP contribution in [0.25, 0.3) is 0 Å². The van der Waals surface area contributed by atoms with E-state index in [0.717, 1.165) is 38.8 Å². The maximum Gasteiger partial charge on any atom is 0.253 e. The predicted molar refractivity (Wildman–Crippen MR) is 63.7 cm³/mol. The lowest BCUT2D eigenvalue weighted by Gasteiger charge is -2.33. The molecular formula is C12H22N2O3. The van der Waals surface area contributed by atoms with Gasteiger partial charge in [0.05, 0.1) is 19.3 Å². The molecular weight excluding hydrogens is 220 g/mol. The number of likely N-dealkylation sites (tertiary alicyclic amines) is 1. The molecule has 0 aromatic rings. The Morgan fingerprint density at radius 2 is 2.29 bits per heavy atom. The number of hydrogen-bond acceptors (Lipinski definition) is 4. The Hall–Kier alpha value is -0.650. The van der Waals surface area contributed by atoms with E-state index in [-0.39, 0.29) is 24.7 Å². The highest BCUT2D eigenvalue weighted by atomic mass is 16.5. The Labute approximate surface area is 102 Å². The Kier molecular flexibility index (Phi) is 4.76. The van der Waals surface area contributed by atoms with Crippen molar-refractivity contribution < 1.29 is 14.6 Å². The first-order chi connectivity index (χ1) is 8.33. The standard InChI is InChI=1S/C12H22N2O3/c15-9-10-4-2-1-3-6-14(10)12(16)11-8-13-5-7-17-11/h10-11,13,15H,1-9H2. The third-order valence-electron chi connectivity index (χ3n) is 3.57. The van der Waals surface area contributed by atoms with Crippen molar-refractivity contribution in [3.8, 4) is 0 Å². The second-order valence-corrected chi connectivity index (χ2v) is 4.78. The summed E-state index contributed by atoms with van der Waals surface area (Å²) >= 11 is 0. The molecule has 0 saturated carbocycles. The van der Waals surface area contributed by atoms with E-state index in [2.05, 4.69) is 5.32 Å². The van der Waals surface area contributed by atoms with E-state index in [1.54, 1.807) is 0 Å². The van der Waals surface area contributed by atoms with Crippen LogP contribution < -0.4 is 5.32 Å². The molecule has 17 heavy (non-hydrogen) atoms. The zero-order valence-corrected chi connectivity index (χ0v) is 10.2. The first-order valence-electron chi connectivity index (χ1n) is 6.56. The first kappa shape index (κ1) is 12.8. The van der Waals surface area contributed by atoms with Crippen molar-refractivity contribution in [2.45, 2.75) is 37.8 Å². The third kappa shape index (κ3) is 3.18. The summed E-state index contributed by atoms with van der Waals surface area (Å²) < 4.78 is 5.49. The van der Waals surface area contributed by atoms with Crippen molar-refractivity contribution >= 4 is 5.91 Å². The average Bonchev–Trinajstić information content (AvgIpc) is 2.64. The number of morpholine rings is 1. The fourth-order valence-electron chi connectivity index (χ4n) is 2.57. The zero-order chi connectivity index (χ0) is 12.1. The molecule has 2 N–H and O–H groups in total. The Bertz CT molecular complexity index is 254. The number of amides is 1. The molecule has 1 amide bonds. The first-order valence-corrected chi connectivity index (χ1v) is 6.56. The van der Waals surface area contributed by atoms with Gasteiger partial charge in [-0.1, -0.05) is 12.8 Å². The van der Waals surface area contributed by atoms with E-state index in [0.29, 0.717) is 13.2 Å². The van der Waals surface area contributed by atoms with Crippen molar-refractivity contribution in [1.29, 1.82) is 0 Å². The minimum absolute atomic E-state index is 0.0180. The van der Waals surface area contributed by atoms with Crippen LogP contribution in [0, 0.1) is 0 Å². The van der Waals surface area contributed by atoms with Gasteiger partial charge in [0.1, 0.15) is 6.10 Å². The van der Waals surface area contributed by atoms with E-state index < -0.39 is 0 Å². The predicted octanol–water partition coefficient (Wildman–Crippen LogP) is -0.262. The topological polar surface area (TPSA) is 61.8 Å². The number of carbonyl (C=O) groups excluding carboxylic acids is 1. The summed E-state index contributed by atoms with van der Waals surface area (Å²) in [5, 5.41) is 12.6. The molecule has 5 nitrogen and oxygen atoms in total. The molecule has 2 saturated heterocycles. The van der Waals surface area contributed by atoms with Crippen molar-refractivity contribution in [3.05, 3.63) is 0 Å². The van der Waals surface area contributed by atoms with E-state index in [4.69, 9.17) is 4.74 Å². The van der Waals surface area contributed by atoms with Crippen molar-refractivity contribution in [2.24, 2.45) is 0 Å². The lowest BCUT2D eigenvalue weighted by Crippen LogP contribution is -2.53. The van der Waals surface area contributed by atoms with Crippen molar-refractivity contribution in [2.75, 3.05) is 32.8 Å². The molecule has 98 valence electrons. The van der Waals surface area contributed by atoms with E-state index in [1.165, 1.54) is 0 Å². The van der Waals surface area contributed by atoms with Gasteiger partial charge in [-0.25, -0.2) is 0 Å². The van der Waals surface area contributed by atoms with E-state index in [9.17, 15) is 9.90 Å². The van der Waals surface area contributed by atoms with Crippen LogP contribution >= 0.6 is 0 Å². The largest absolute Gasteiger partial charge is 0.394 e. The molecule has 5 heteroatoms. The van der Waals surface area contributed by atoms with Crippen molar-refractivity contribution in [1.82, 2.24) is 10.2 Å². The molecule has 2 rings (SSSR count). The second-order valence-electron chi connectivity index (χ2n) is 4.78. The highest BCUT2D eigenvalue weighted by molar-refractivity contribution is 5.81. The van der Waals surface area contributed by atoms with Gasteiger partial charge in [0.2, 0.25) is 0 Å². The number of ether oxygens (including phenoxy) is 1. The van der Waals surface area contributed by atoms with Gasteiger partial charge >= 0.3 is 0 Å². The van der Waals surface area contributed by atoms with E-state index in [1.807, 2.05) is 4.90 Å². The molecule has 2 atom stereocenters. The zero-order valence-electron chi connectivity index (χ0n) is 10.2. The van der Waals surface area contributed by atoms with Gasteiger partial charge in [0.15, 0.2) is 0 Å². The number of hydrogen-bond donors (Lipinski definition) is 2. The van der Waals surface area contributed by atoms with E-state index >= 15 is 0 Å². The smallest absolute Gasteiger partial charge is 0.253 e. The van der Waals surface area contributed by atoms with Crippen LogP contribution in [-0.2, 0) is 9.53 Å². The summed E-state index contributed by atoms with van der Waals surface area (Å²) in [6.45, 7) is 2.81. The highest BCUT2D eigenvalue weighted by Gasteiger charge is 2.31. The fourth-order valence-corrected chi connectivity index (χ4v) is 2.57. The normalized spacial score (nSPS) is 31.0. The molecule has 0 aliphatic carbocycles. The molecule has 2 heterocycles. The minimum Gasteiger partial charge on any atom is -0.394 e. The summed E-state index contributed by atoms with van der Waals surface area (Å²) in [6.07, 6.45) is 3.81. The lowest BCUT2D eigenvalue weighted by molar-refractivity contribution is -0.148. The van der Waals surface area contributed by atoms with Gasteiger partial charge in [-0.05, 0) is 12.8 Å². The Morgan fingerprint density at radius 3 is 3.00 bits per heavy atom. The Morgan fingerprint density at radius 1 is 1.41 bits per heavy atom. The Balaban J connectivity index is 1.98. The third-order valence-corrected chi connectivity index (χ3v) is 3.57. The molecule has 2 aliphatic heterocycles. The molecule has 2 unspecified atom stereocenters. The summed E-state index contributed by atoms with van der Waals surface area (Å²) in [7, 11) is 0. The molecule has 0 spiro atoms. The number of nitrogens with one attached hydrogen (secondary N) is 1. The summed E-state index contributed by atoms with van der Waals surface area (Å²) in [5.74, 6) is 0.0400. The second kappa shape index (κ2) is 6.33. The summed E-state index contributed by atoms with van der Waals surface area (Å²) in [4.78, 5) is 14.1. The number of aliphatic hydroxyl groups excluding tert-OH is 1. The number of aliphatic hydroxyl groups is 1. The fraction of sp³-hybridized carbons (Fsp3) is 0.917. The van der Waals surface area contributed by atoms with Gasteiger partial charge < -0.3 is 20.1 Å². The summed E-state index contributed by atoms with van der Waals surface area (Å²) in [5.41, 5.74) is 0. The quantitative estimate of drug-likeness (QED) is 0.700. The van der Waals surface area contributed by atoms with Crippen LogP contribution in [0.2, 0.25) is 0 Å². The van der Waals surface area contributed by atoms with Gasteiger partial charge in [0, 0.05) is 19.6 Å². The molecule has 2 fully saturated rings. The number of carbonyl (C=O) groups is 1. The molecule has 0 aromatic heterocycles. The van der Waals surface area contributed by atoms with Crippen LogP contribution in [-0.4, -0.2) is 60.9 Å². The molecule has 0 bridgehead atoms. The number of nitrogens with zero attached hydrogens (tertiary/aromatic N) is 1. The monoisotopic (exact) mass is 242 g/mol. The highest BCUT2D eigenvalue weighted by Crippen LogP contribution is 2.18. The van der Waals surface area contributed by atoms with Gasteiger partial charge in [-0.15, -0.1) is 0 Å². The molecule has 0 aromatic carbocycles. The van der Waals surface area contributed by atoms with Crippen LogP contribution in [0.15, 0.2) is 0 Å². The van der Waals surface area contributed by atoms with Crippen molar-refractivity contribution in [3.63, 3.8) is 0 Å². The van der Waals surface area contributed by atoms with Crippen LogP contribution in [0.1, 0.15) is 25.7 Å².